The van der Waals surface area contributed by atoms with E-state index < -0.39 is 29.6 Å². The van der Waals surface area contributed by atoms with E-state index in [4.69, 9.17) is 34.8 Å². The molecule has 0 aliphatic carbocycles. The highest BCUT2D eigenvalue weighted by Gasteiger charge is 2.41. The summed E-state index contributed by atoms with van der Waals surface area (Å²) in [6.45, 7) is 0. The molecule has 1 unspecified atom stereocenters. The fourth-order valence-corrected chi connectivity index (χ4v) is 4.66. The van der Waals surface area contributed by atoms with E-state index in [2.05, 4.69) is 15.8 Å². The second kappa shape index (κ2) is 10.1. The Labute approximate surface area is 225 Å². The van der Waals surface area contributed by atoms with Crippen LogP contribution in [0.3, 0.4) is 0 Å². The third-order valence-electron chi connectivity index (χ3n) is 5.84. The number of nitrogens with one attached hydrogen (secondary N) is 2. The molecule has 1 aliphatic heterocycles. The van der Waals surface area contributed by atoms with Gasteiger partial charge in [0.2, 0.25) is 5.91 Å². The van der Waals surface area contributed by atoms with Crippen molar-refractivity contribution < 1.29 is 18.8 Å². The number of hydrogen-bond donors (Lipinski definition) is 2. The van der Waals surface area contributed by atoms with Crippen molar-refractivity contribution in [3.63, 3.8) is 0 Å². The Hall–Kier alpha value is -3.56. The van der Waals surface area contributed by atoms with Gasteiger partial charge in [0.1, 0.15) is 11.9 Å². The summed E-state index contributed by atoms with van der Waals surface area (Å²) in [6.07, 6.45) is -0.215. The zero-order chi connectivity index (χ0) is 26.3. The summed E-state index contributed by atoms with van der Waals surface area (Å²) in [6, 6.07) is 16.0. The second-order valence-corrected chi connectivity index (χ2v) is 9.44. The van der Waals surface area contributed by atoms with E-state index in [-0.39, 0.29) is 32.7 Å². The topological polar surface area (TPSA) is 91.4 Å². The number of hydrogen-bond acceptors (Lipinski definition) is 5. The molecule has 1 aliphatic rings. The summed E-state index contributed by atoms with van der Waals surface area (Å²) in [5, 5.41) is 0.969. The van der Waals surface area contributed by atoms with Crippen molar-refractivity contribution in [3.05, 3.63) is 93.2 Å². The van der Waals surface area contributed by atoms with Gasteiger partial charge in [-0.05, 0) is 48.5 Å². The molecular weight excluding hydrogens is 542 g/mol. The number of halogens is 4. The van der Waals surface area contributed by atoms with Crippen LogP contribution in [0, 0.1) is 5.82 Å². The number of imide groups is 1. The quantitative estimate of drug-likeness (QED) is 0.190. The van der Waals surface area contributed by atoms with Crippen LogP contribution in [0.4, 0.5) is 10.1 Å². The summed E-state index contributed by atoms with van der Waals surface area (Å²) in [5.41, 5.74) is 7.21. The van der Waals surface area contributed by atoms with Crippen LogP contribution in [0.25, 0.3) is 22.2 Å². The average molecular weight is 558 g/mol. The zero-order valence-corrected chi connectivity index (χ0v) is 21.0. The molecule has 4 aromatic rings. The lowest BCUT2D eigenvalue weighted by Crippen LogP contribution is -2.48. The Balaban J connectivity index is 1.39. The van der Waals surface area contributed by atoms with E-state index in [9.17, 15) is 18.8 Å². The van der Waals surface area contributed by atoms with Gasteiger partial charge in [-0.2, -0.15) is 0 Å². The van der Waals surface area contributed by atoms with Crippen LogP contribution in [0.5, 0.6) is 0 Å². The lowest BCUT2D eigenvalue weighted by atomic mass is 10.0. The Morgan fingerprint density at radius 3 is 2.41 bits per heavy atom. The largest absolute Gasteiger partial charge is 0.287 e. The molecule has 1 atom stereocenters. The minimum Gasteiger partial charge on any atom is -0.287 e. The molecule has 186 valence electrons. The van der Waals surface area contributed by atoms with Gasteiger partial charge in [-0.25, -0.2) is 19.7 Å². The monoisotopic (exact) mass is 556 g/mol. The molecule has 1 aromatic heterocycles. The highest BCUT2D eigenvalue weighted by Crippen LogP contribution is 2.36. The number of pyridine rings is 1. The average Bonchev–Trinajstić information content (AvgIpc) is 3.17. The van der Waals surface area contributed by atoms with Gasteiger partial charge in [-0.3, -0.25) is 19.8 Å². The Morgan fingerprint density at radius 1 is 0.946 bits per heavy atom. The molecule has 3 aromatic carbocycles. The fraction of sp³-hybridized carbons (Fsp3) is 0.0769. The van der Waals surface area contributed by atoms with Crippen LogP contribution in [-0.4, -0.2) is 28.7 Å². The van der Waals surface area contributed by atoms with Gasteiger partial charge in [0.15, 0.2) is 0 Å². The third-order valence-corrected chi connectivity index (χ3v) is 6.86. The highest BCUT2D eigenvalue weighted by molar-refractivity contribution is 6.44. The molecule has 2 heterocycles. The predicted octanol–water partition coefficient (Wildman–Crippen LogP) is 5.57. The molecule has 0 spiro atoms. The van der Waals surface area contributed by atoms with E-state index in [1.165, 1.54) is 24.3 Å². The van der Waals surface area contributed by atoms with Crippen LogP contribution >= 0.6 is 34.8 Å². The molecule has 0 saturated carbocycles. The Kier molecular flexibility index (Phi) is 6.83. The standard InChI is InChI=1S/C26H16Cl3FN4O3/c27-17-10-19(29)23(11-18(17)28)34-24(35)12-22(26(34)37)32-33-25(36)16-9-21(13-5-7-14(30)8-6-13)31-20-4-2-1-3-15(16)20/h1-11,22,32H,12H2,(H,33,36). The molecule has 2 N–H and O–H groups in total. The number of anilines is 1. The number of hydrazine groups is 1. The molecule has 37 heavy (non-hydrogen) atoms. The number of amides is 3. The third kappa shape index (κ3) is 4.89. The first kappa shape index (κ1) is 25.1. The van der Waals surface area contributed by atoms with Gasteiger partial charge >= 0.3 is 0 Å². The molecule has 5 rings (SSSR count). The summed E-state index contributed by atoms with van der Waals surface area (Å²) in [4.78, 5) is 44.3. The Morgan fingerprint density at radius 2 is 1.65 bits per heavy atom. The van der Waals surface area contributed by atoms with E-state index in [1.807, 2.05) is 0 Å². The van der Waals surface area contributed by atoms with E-state index in [0.717, 1.165) is 4.90 Å². The van der Waals surface area contributed by atoms with Crippen LogP contribution < -0.4 is 15.8 Å². The maximum Gasteiger partial charge on any atom is 0.266 e. The summed E-state index contributed by atoms with van der Waals surface area (Å²) >= 11 is 18.2. The predicted molar refractivity (Wildman–Crippen MR) is 140 cm³/mol. The summed E-state index contributed by atoms with van der Waals surface area (Å²) < 4.78 is 13.4. The van der Waals surface area contributed by atoms with Crippen molar-refractivity contribution in [2.24, 2.45) is 0 Å². The number of rotatable bonds is 5. The van der Waals surface area contributed by atoms with Crippen molar-refractivity contribution in [1.82, 2.24) is 15.8 Å². The first-order chi connectivity index (χ1) is 17.7. The number of aromatic nitrogens is 1. The van der Waals surface area contributed by atoms with Gasteiger partial charge in [-0.15, -0.1) is 0 Å². The summed E-state index contributed by atoms with van der Waals surface area (Å²) in [5.74, 6) is -2.07. The molecule has 0 bridgehead atoms. The van der Waals surface area contributed by atoms with Crippen molar-refractivity contribution in [2.45, 2.75) is 12.5 Å². The zero-order valence-electron chi connectivity index (χ0n) is 18.8. The molecule has 1 saturated heterocycles. The SMILES string of the molecule is O=C(NNC1CC(=O)N(c2cc(Cl)c(Cl)cc2Cl)C1=O)c1cc(-c2ccc(F)cc2)nc2ccccc12. The lowest BCUT2D eigenvalue weighted by Gasteiger charge is -2.18. The molecule has 7 nitrogen and oxygen atoms in total. The van der Waals surface area contributed by atoms with Gasteiger partial charge in [0.25, 0.3) is 11.8 Å². The number of nitrogens with zero attached hydrogens (tertiary/aromatic N) is 2. The lowest BCUT2D eigenvalue weighted by molar-refractivity contribution is -0.121. The van der Waals surface area contributed by atoms with E-state index in [0.29, 0.717) is 22.2 Å². The number of carbonyl (C=O) groups is 3. The van der Waals surface area contributed by atoms with Crippen molar-refractivity contribution >= 4 is 69.1 Å². The highest BCUT2D eigenvalue weighted by atomic mass is 35.5. The van der Waals surface area contributed by atoms with Crippen molar-refractivity contribution in [3.8, 4) is 11.3 Å². The minimum atomic E-state index is -1.04. The molecular formula is C26H16Cl3FN4O3. The number of benzene rings is 3. The van der Waals surface area contributed by atoms with Gasteiger partial charge in [0, 0.05) is 10.9 Å². The van der Waals surface area contributed by atoms with Crippen LogP contribution in [0.1, 0.15) is 16.8 Å². The van der Waals surface area contributed by atoms with Crippen molar-refractivity contribution in [2.75, 3.05) is 4.90 Å². The van der Waals surface area contributed by atoms with Crippen LogP contribution in [0.2, 0.25) is 15.1 Å². The molecule has 1 fully saturated rings. The molecule has 0 radical (unpaired) electrons. The van der Waals surface area contributed by atoms with E-state index >= 15 is 0 Å². The summed E-state index contributed by atoms with van der Waals surface area (Å²) in [7, 11) is 0. The molecule has 3 amide bonds. The second-order valence-electron chi connectivity index (χ2n) is 8.22. The van der Waals surface area contributed by atoms with Crippen LogP contribution in [-0.2, 0) is 9.59 Å². The first-order valence-electron chi connectivity index (χ1n) is 11.0. The van der Waals surface area contributed by atoms with Crippen LogP contribution in [0.15, 0.2) is 66.7 Å². The van der Waals surface area contributed by atoms with E-state index in [1.54, 1.807) is 42.5 Å². The van der Waals surface area contributed by atoms with Gasteiger partial charge in [0.05, 0.1) is 44.0 Å². The van der Waals surface area contributed by atoms with Gasteiger partial charge < -0.3 is 0 Å². The Bertz CT molecular complexity index is 1580. The number of para-hydroxylation sites is 1. The molecule has 11 heteroatoms. The minimum absolute atomic E-state index is 0.0809. The normalized spacial score (nSPS) is 15.5. The fourth-order valence-electron chi connectivity index (χ4n) is 4.03. The maximum atomic E-state index is 13.4. The maximum absolute atomic E-state index is 13.4. The van der Waals surface area contributed by atoms with Crippen molar-refractivity contribution in [1.29, 1.82) is 0 Å². The number of fused-ring (bicyclic) bond motifs is 1. The first-order valence-corrected chi connectivity index (χ1v) is 12.1. The smallest absolute Gasteiger partial charge is 0.266 e. The van der Waals surface area contributed by atoms with Gasteiger partial charge in [-0.1, -0.05) is 53.0 Å². The number of carbonyl (C=O) groups excluding carboxylic acids is 3.